The first-order valence-corrected chi connectivity index (χ1v) is 6.13. The van der Waals surface area contributed by atoms with Gasteiger partial charge < -0.3 is 4.74 Å². The van der Waals surface area contributed by atoms with Gasteiger partial charge in [-0.2, -0.15) is 0 Å². The van der Waals surface area contributed by atoms with Gasteiger partial charge in [-0.1, -0.05) is 25.0 Å². The molecule has 0 aromatic rings. The minimum Gasteiger partial charge on any atom is -0.456 e. The van der Waals surface area contributed by atoms with Crippen molar-refractivity contribution in [1.29, 1.82) is 0 Å². The highest BCUT2D eigenvalue weighted by atomic mass is 16.6. The summed E-state index contributed by atoms with van der Waals surface area (Å²) in [5.41, 5.74) is 0.924. The van der Waals surface area contributed by atoms with Crippen LogP contribution in [0.5, 0.6) is 0 Å². The standard InChI is InChI=1S/C14H22O2/c1-4-6-8-12-10-13(15)16-14(3,11-12)9-7-5-2/h5,10H,2,4,6-9,11H2,1,3H3/t14-/m1/s1. The van der Waals surface area contributed by atoms with Crippen LogP contribution in [0.4, 0.5) is 0 Å². The predicted molar refractivity (Wildman–Crippen MR) is 66.2 cm³/mol. The second-order valence-corrected chi connectivity index (χ2v) is 4.78. The Morgan fingerprint density at radius 2 is 2.38 bits per heavy atom. The largest absolute Gasteiger partial charge is 0.456 e. The summed E-state index contributed by atoms with van der Waals surface area (Å²) < 4.78 is 5.42. The number of hydrogen-bond acceptors (Lipinski definition) is 2. The first-order chi connectivity index (χ1) is 7.59. The van der Waals surface area contributed by atoms with E-state index in [0.29, 0.717) is 0 Å². The van der Waals surface area contributed by atoms with Crippen molar-refractivity contribution in [1.82, 2.24) is 0 Å². The average molecular weight is 222 g/mol. The third kappa shape index (κ3) is 3.84. The van der Waals surface area contributed by atoms with Crippen LogP contribution in [-0.4, -0.2) is 11.6 Å². The number of cyclic esters (lactones) is 1. The van der Waals surface area contributed by atoms with E-state index in [1.54, 1.807) is 6.08 Å². The number of ether oxygens (including phenoxy) is 1. The van der Waals surface area contributed by atoms with E-state index < -0.39 is 0 Å². The van der Waals surface area contributed by atoms with E-state index in [9.17, 15) is 4.79 Å². The van der Waals surface area contributed by atoms with Gasteiger partial charge in [-0.3, -0.25) is 0 Å². The minimum absolute atomic E-state index is 0.177. The lowest BCUT2D eigenvalue weighted by atomic mass is 9.87. The normalized spacial score (nSPS) is 24.9. The van der Waals surface area contributed by atoms with Crippen molar-refractivity contribution < 1.29 is 9.53 Å². The van der Waals surface area contributed by atoms with Gasteiger partial charge in [0.2, 0.25) is 0 Å². The Labute approximate surface area is 98.4 Å². The summed E-state index contributed by atoms with van der Waals surface area (Å²) in [6.45, 7) is 7.90. The van der Waals surface area contributed by atoms with Crippen LogP contribution in [0.2, 0.25) is 0 Å². The van der Waals surface area contributed by atoms with Gasteiger partial charge >= 0.3 is 5.97 Å². The lowest BCUT2D eigenvalue weighted by molar-refractivity contribution is -0.154. The molecule has 1 rings (SSSR count). The van der Waals surface area contributed by atoms with Gasteiger partial charge in [-0.25, -0.2) is 4.79 Å². The minimum atomic E-state index is -0.316. The van der Waals surface area contributed by atoms with Crippen LogP contribution in [0.25, 0.3) is 0 Å². The maximum atomic E-state index is 11.5. The van der Waals surface area contributed by atoms with Gasteiger partial charge in [0.25, 0.3) is 0 Å². The highest BCUT2D eigenvalue weighted by Gasteiger charge is 2.32. The Bertz CT molecular complexity index is 291. The fourth-order valence-electron chi connectivity index (χ4n) is 2.12. The average Bonchev–Trinajstić information content (AvgIpc) is 2.22. The molecule has 0 N–H and O–H groups in total. The van der Waals surface area contributed by atoms with Crippen LogP contribution in [0.15, 0.2) is 24.3 Å². The maximum absolute atomic E-state index is 11.5. The van der Waals surface area contributed by atoms with Crippen molar-refractivity contribution in [3.05, 3.63) is 24.3 Å². The Kier molecular flexibility index (Phi) is 4.78. The summed E-state index contributed by atoms with van der Waals surface area (Å²) >= 11 is 0. The molecular formula is C14H22O2. The van der Waals surface area contributed by atoms with Gasteiger partial charge in [0, 0.05) is 12.5 Å². The van der Waals surface area contributed by atoms with Crippen molar-refractivity contribution in [2.24, 2.45) is 0 Å². The molecule has 1 atom stereocenters. The molecule has 0 bridgehead atoms. The number of carbonyl (C=O) groups excluding carboxylic acids is 1. The van der Waals surface area contributed by atoms with E-state index >= 15 is 0 Å². The molecule has 0 aromatic carbocycles. The SMILES string of the molecule is C=CCC[C@]1(C)CC(CCCC)=CC(=O)O1. The lowest BCUT2D eigenvalue weighted by Crippen LogP contribution is -2.35. The third-order valence-electron chi connectivity index (χ3n) is 3.00. The fraction of sp³-hybridized carbons (Fsp3) is 0.643. The van der Waals surface area contributed by atoms with Crippen molar-refractivity contribution >= 4 is 5.97 Å². The molecular weight excluding hydrogens is 200 g/mol. The number of carbonyl (C=O) groups is 1. The molecule has 0 amide bonds. The number of rotatable bonds is 6. The highest BCUT2D eigenvalue weighted by Crippen LogP contribution is 2.32. The zero-order valence-corrected chi connectivity index (χ0v) is 10.4. The molecule has 0 unspecified atom stereocenters. The summed E-state index contributed by atoms with van der Waals surface area (Å²) in [6, 6.07) is 0. The van der Waals surface area contributed by atoms with Crippen LogP contribution in [-0.2, 0) is 9.53 Å². The number of unbranched alkanes of at least 4 members (excludes halogenated alkanes) is 1. The molecule has 0 saturated carbocycles. The summed E-state index contributed by atoms with van der Waals surface area (Å²) in [5.74, 6) is -0.177. The monoisotopic (exact) mass is 222 g/mol. The topological polar surface area (TPSA) is 26.3 Å². The Morgan fingerprint density at radius 3 is 3.00 bits per heavy atom. The molecule has 90 valence electrons. The van der Waals surface area contributed by atoms with Gasteiger partial charge in [0.15, 0.2) is 0 Å². The van der Waals surface area contributed by atoms with E-state index in [1.165, 1.54) is 5.57 Å². The Balaban J connectivity index is 2.61. The van der Waals surface area contributed by atoms with Gasteiger partial charge in [-0.15, -0.1) is 6.58 Å². The van der Waals surface area contributed by atoms with Crippen LogP contribution in [0, 0.1) is 0 Å². The molecule has 16 heavy (non-hydrogen) atoms. The second-order valence-electron chi connectivity index (χ2n) is 4.78. The molecule has 1 aliphatic heterocycles. The first kappa shape index (κ1) is 13.0. The molecule has 1 heterocycles. The first-order valence-electron chi connectivity index (χ1n) is 6.13. The van der Waals surface area contributed by atoms with Crippen molar-refractivity contribution in [2.45, 2.75) is 58.0 Å². The second kappa shape index (κ2) is 5.88. The van der Waals surface area contributed by atoms with Crippen molar-refractivity contribution in [3.8, 4) is 0 Å². The Hall–Kier alpha value is -1.05. The van der Waals surface area contributed by atoms with Crippen LogP contribution in [0.3, 0.4) is 0 Å². The molecule has 0 saturated heterocycles. The van der Waals surface area contributed by atoms with E-state index in [2.05, 4.69) is 13.5 Å². The van der Waals surface area contributed by atoms with E-state index in [4.69, 9.17) is 4.74 Å². The van der Waals surface area contributed by atoms with Gasteiger partial charge in [-0.05, 0) is 32.6 Å². The summed E-state index contributed by atoms with van der Waals surface area (Å²) in [7, 11) is 0. The molecule has 0 aliphatic carbocycles. The third-order valence-corrected chi connectivity index (χ3v) is 3.00. The predicted octanol–water partition coefficient (Wildman–Crippen LogP) is 3.77. The highest BCUT2D eigenvalue weighted by molar-refractivity contribution is 5.84. The van der Waals surface area contributed by atoms with Crippen molar-refractivity contribution in [2.75, 3.05) is 0 Å². The molecule has 1 aliphatic rings. The van der Waals surface area contributed by atoms with Crippen LogP contribution < -0.4 is 0 Å². The maximum Gasteiger partial charge on any atom is 0.331 e. The van der Waals surface area contributed by atoms with Gasteiger partial charge in [0.05, 0.1) is 0 Å². The van der Waals surface area contributed by atoms with E-state index in [1.807, 2.05) is 13.0 Å². The summed E-state index contributed by atoms with van der Waals surface area (Å²) in [4.78, 5) is 11.5. The molecule has 0 aromatic heterocycles. The van der Waals surface area contributed by atoms with E-state index in [0.717, 1.165) is 38.5 Å². The smallest absolute Gasteiger partial charge is 0.331 e. The molecule has 0 spiro atoms. The fourth-order valence-corrected chi connectivity index (χ4v) is 2.12. The summed E-state index contributed by atoms with van der Waals surface area (Å²) in [5, 5.41) is 0. The molecule has 2 nitrogen and oxygen atoms in total. The number of hydrogen-bond donors (Lipinski definition) is 0. The Morgan fingerprint density at radius 1 is 1.62 bits per heavy atom. The quantitative estimate of drug-likeness (QED) is 0.505. The molecule has 0 radical (unpaired) electrons. The van der Waals surface area contributed by atoms with Crippen molar-refractivity contribution in [3.63, 3.8) is 0 Å². The van der Waals surface area contributed by atoms with Crippen LogP contribution in [0.1, 0.15) is 52.4 Å². The van der Waals surface area contributed by atoms with Crippen LogP contribution >= 0.6 is 0 Å². The van der Waals surface area contributed by atoms with E-state index in [-0.39, 0.29) is 11.6 Å². The lowest BCUT2D eigenvalue weighted by Gasteiger charge is -2.33. The zero-order valence-electron chi connectivity index (χ0n) is 10.4. The number of allylic oxidation sites excluding steroid dienone is 1. The van der Waals surface area contributed by atoms with Gasteiger partial charge in [0.1, 0.15) is 5.60 Å². The molecule has 0 fully saturated rings. The molecule has 2 heteroatoms. The number of esters is 1. The summed E-state index contributed by atoms with van der Waals surface area (Å²) in [6.07, 6.45) is 9.53. The zero-order chi connectivity index (χ0) is 12.0.